The minimum absolute atomic E-state index is 0.0982. The number of hydrogen-bond acceptors (Lipinski definition) is 6. The summed E-state index contributed by atoms with van der Waals surface area (Å²) in [5, 5.41) is 19.3. The van der Waals surface area contributed by atoms with Crippen molar-refractivity contribution in [3.8, 4) is 11.3 Å². The van der Waals surface area contributed by atoms with Crippen LogP contribution in [0, 0.1) is 5.92 Å². The molecule has 1 aliphatic rings. The number of benzene rings is 1. The minimum atomic E-state index is -0.853. The van der Waals surface area contributed by atoms with Gasteiger partial charge in [-0.2, -0.15) is 5.10 Å². The molecular weight excluding hydrogens is 488 g/mol. The number of hydrogen-bond donors (Lipinski definition) is 3. The maximum atomic E-state index is 12.2. The number of aromatic nitrogens is 4. The number of aromatic amines is 1. The monoisotopic (exact) mass is 530 g/mol. The summed E-state index contributed by atoms with van der Waals surface area (Å²) in [6, 6.07) is 8.96. The van der Waals surface area contributed by atoms with E-state index in [-0.39, 0.29) is 5.92 Å². The van der Waals surface area contributed by atoms with Crippen LogP contribution in [0.15, 0.2) is 36.8 Å². The van der Waals surface area contributed by atoms with E-state index in [0.717, 1.165) is 54.0 Å². The van der Waals surface area contributed by atoms with Crippen molar-refractivity contribution in [2.45, 2.75) is 71.8 Å². The summed E-state index contributed by atoms with van der Waals surface area (Å²) in [6.07, 6.45) is 5.72. The Morgan fingerprint density at radius 3 is 2.59 bits per heavy atom. The molecule has 39 heavy (non-hydrogen) atoms. The molecule has 3 aromatic heterocycles. The molecule has 0 spiro atoms. The summed E-state index contributed by atoms with van der Waals surface area (Å²) in [7, 11) is 0. The number of ketones is 1. The molecule has 4 heterocycles. The molecule has 0 aliphatic carbocycles. The van der Waals surface area contributed by atoms with E-state index in [1.165, 1.54) is 16.5 Å². The van der Waals surface area contributed by atoms with E-state index < -0.39 is 5.60 Å². The van der Waals surface area contributed by atoms with Gasteiger partial charge in [0.15, 0.2) is 5.65 Å². The van der Waals surface area contributed by atoms with Crippen molar-refractivity contribution in [2.24, 2.45) is 5.92 Å². The number of H-pyrrole nitrogens is 1. The van der Waals surface area contributed by atoms with Crippen LogP contribution in [0.3, 0.4) is 0 Å². The van der Waals surface area contributed by atoms with Crippen LogP contribution in [0.4, 0.5) is 5.69 Å². The van der Waals surface area contributed by atoms with Crippen LogP contribution in [0.2, 0.25) is 0 Å². The average Bonchev–Trinajstić information content (AvgIpc) is 3.51. The molecule has 8 nitrogen and oxygen atoms in total. The first-order chi connectivity index (χ1) is 18.5. The first-order valence-electron chi connectivity index (χ1n) is 14.2. The quantitative estimate of drug-likeness (QED) is 0.261. The number of rotatable bonds is 9. The summed E-state index contributed by atoms with van der Waals surface area (Å²) in [5.74, 6) is 1.24. The lowest BCUT2D eigenvalue weighted by Crippen LogP contribution is -2.38. The SMILES string of the molecule is CC(C)C(=O)CN1CCC(c2ccc3[nH]c(-c4cc(NCC(C)(C)O)c5ncnn5c4)c(C(C)C)c3c2)CC1. The van der Waals surface area contributed by atoms with Gasteiger partial charge in [0.05, 0.1) is 23.5 Å². The van der Waals surface area contributed by atoms with E-state index in [2.05, 4.69) is 63.4 Å². The van der Waals surface area contributed by atoms with Crippen molar-refractivity contribution >= 4 is 28.0 Å². The number of carbonyl (C=O) groups excluding carboxylic acids is 1. The molecular formula is C31H42N6O2. The Morgan fingerprint density at radius 2 is 1.92 bits per heavy atom. The number of aliphatic hydroxyl groups is 1. The van der Waals surface area contributed by atoms with E-state index in [1.54, 1.807) is 24.7 Å². The number of anilines is 1. The van der Waals surface area contributed by atoms with Crippen LogP contribution >= 0.6 is 0 Å². The normalized spacial score (nSPS) is 15.7. The molecule has 0 saturated carbocycles. The topological polar surface area (TPSA) is 98.5 Å². The number of nitrogens with one attached hydrogen (secondary N) is 2. The molecule has 0 atom stereocenters. The lowest BCUT2D eigenvalue weighted by Gasteiger charge is -2.32. The van der Waals surface area contributed by atoms with Gasteiger partial charge in [0, 0.05) is 35.1 Å². The van der Waals surface area contributed by atoms with Gasteiger partial charge >= 0.3 is 0 Å². The highest BCUT2D eigenvalue weighted by Crippen LogP contribution is 2.39. The fourth-order valence-corrected chi connectivity index (χ4v) is 5.64. The Morgan fingerprint density at radius 1 is 1.18 bits per heavy atom. The first kappa shape index (κ1) is 27.3. The number of likely N-dealkylation sites (tertiary alicyclic amines) is 1. The molecule has 1 fully saturated rings. The zero-order valence-corrected chi connectivity index (χ0v) is 24.1. The molecule has 4 aromatic rings. The first-order valence-corrected chi connectivity index (χ1v) is 14.2. The summed E-state index contributed by atoms with van der Waals surface area (Å²) in [5.41, 5.74) is 6.62. The average molecular weight is 531 g/mol. The standard InChI is InChI=1S/C31H42N6O2/c1-19(2)27(38)16-36-11-9-21(10-12-36)22-7-8-25-24(13-22)28(20(3)4)29(35-25)23-14-26(32-17-31(5,6)39)30-33-18-34-37(30)15-23/h7-8,13-15,18-21,32,35,39H,9-12,16-17H2,1-6H3. The Hall–Kier alpha value is -3.23. The highest BCUT2D eigenvalue weighted by Gasteiger charge is 2.25. The predicted molar refractivity (Wildman–Crippen MR) is 157 cm³/mol. The summed E-state index contributed by atoms with van der Waals surface area (Å²) >= 11 is 0. The van der Waals surface area contributed by atoms with Gasteiger partial charge in [-0.1, -0.05) is 33.8 Å². The lowest BCUT2D eigenvalue weighted by molar-refractivity contribution is -0.123. The summed E-state index contributed by atoms with van der Waals surface area (Å²) in [6.45, 7) is 14.9. The largest absolute Gasteiger partial charge is 0.389 e. The van der Waals surface area contributed by atoms with Gasteiger partial charge in [-0.05, 0) is 80.9 Å². The third-order valence-electron chi connectivity index (χ3n) is 7.90. The van der Waals surface area contributed by atoms with Crippen LogP contribution in [0.5, 0.6) is 0 Å². The molecule has 0 amide bonds. The molecule has 3 N–H and O–H groups in total. The zero-order valence-electron chi connectivity index (χ0n) is 24.1. The molecule has 5 rings (SSSR count). The van der Waals surface area contributed by atoms with Crippen molar-refractivity contribution in [2.75, 3.05) is 31.5 Å². The second-order valence-corrected chi connectivity index (χ2v) is 12.4. The lowest BCUT2D eigenvalue weighted by atomic mass is 9.87. The van der Waals surface area contributed by atoms with Crippen molar-refractivity contribution < 1.29 is 9.90 Å². The van der Waals surface area contributed by atoms with E-state index >= 15 is 0 Å². The molecule has 8 heteroatoms. The highest BCUT2D eigenvalue weighted by molar-refractivity contribution is 5.92. The predicted octanol–water partition coefficient (Wildman–Crippen LogP) is 5.59. The molecule has 208 valence electrons. The van der Waals surface area contributed by atoms with Crippen molar-refractivity contribution in [1.29, 1.82) is 0 Å². The Balaban J connectivity index is 1.46. The summed E-state index contributed by atoms with van der Waals surface area (Å²) < 4.78 is 1.79. The molecule has 0 unspecified atom stereocenters. The van der Waals surface area contributed by atoms with Gasteiger partial charge < -0.3 is 15.4 Å². The van der Waals surface area contributed by atoms with Crippen LogP contribution < -0.4 is 5.32 Å². The van der Waals surface area contributed by atoms with E-state index in [4.69, 9.17) is 0 Å². The molecule has 1 aliphatic heterocycles. The van der Waals surface area contributed by atoms with Crippen LogP contribution in [0.1, 0.15) is 77.3 Å². The van der Waals surface area contributed by atoms with E-state index in [9.17, 15) is 9.90 Å². The van der Waals surface area contributed by atoms with Crippen LogP contribution in [-0.2, 0) is 4.79 Å². The number of fused-ring (bicyclic) bond motifs is 2. The third-order valence-corrected chi connectivity index (χ3v) is 7.90. The van der Waals surface area contributed by atoms with E-state index in [1.807, 2.05) is 20.0 Å². The maximum absolute atomic E-state index is 12.2. The fourth-order valence-electron chi connectivity index (χ4n) is 5.64. The highest BCUT2D eigenvalue weighted by atomic mass is 16.3. The fraction of sp³-hybridized carbons (Fsp3) is 0.516. The molecule has 0 bridgehead atoms. The number of piperidine rings is 1. The van der Waals surface area contributed by atoms with Gasteiger partial charge in [-0.3, -0.25) is 9.69 Å². The minimum Gasteiger partial charge on any atom is -0.389 e. The van der Waals surface area contributed by atoms with Crippen LogP contribution in [0.25, 0.3) is 27.8 Å². The van der Waals surface area contributed by atoms with Gasteiger partial charge in [-0.25, -0.2) is 9.50 Å². The van der Waals surface area contributed by atoms with Gasteiger partial charge in [-0.15, -0.1) is 0 Å². The Kier molecular flexibility index (Phi) is 7.53. The molecule has 1 aromatic carbocycles. The van der Waals surface area contributed by atoms with Gasteiger partial charge in [0.2, 0.25) is 0 Å². The molecule has 1 saturated heterocycles. The third kappa shape index (κ3) is 5.87. The Bertz CT molecular complexity index is 1470. The van der Waals surface area contributed by atoms with Crippen molar-refractivity contribution in [3.05, 3.63) is 47.9 Å². The van der Waals surface area contributed by atoms with Crippen molar-refractivity contribution in [3.63, 3.8) is 0 Å². The van der Waals surface area contributed by atoms with Gasteiger partial charge in [0.1, 0.15) is 12.1 Å². The smallest absolute Gasteiger partial charge is 0.178 e. The van der Waals surface area contributed by atoms with E-state index in [0.29, 0.717) is 30.7 Å². The van der Waals surface area contributed by atoms with Gasteiger partial charge in [0.25, 0.3) is 0 Å². The second kappa shape index (κ2) is 10.7. The molecule has 0 radical (unpaired) electrons. The van der Waals surface area contributed by atoms with Crippen molar-refractivity contribution in [1.82, 2.24) is 24.5 Å². The Labute approximate surface area is 230 Å². The number of Topliss-reactive ketones (excluding diaryl/α,β-unsaturated/α-hetero) is 1. The number of carbonyl (C=O) groups is 1. The summed E-state index contributed by atoms with van der Waals surface area (Å²) in [4.78, 5) is 22.7. The zero-order chi connectivity index (χ0) is 27.9. The number of pyridine rings is 1. The second-order valence-electron chi connectivity index (χ2n) is 12.4. The van der Waals surface area contributed by atoms with Crippen LogP contribution in [-0.4, -0.2) is 67.2 Å². The number of nitrogens with zero attached hydrogens (tertiary/aromatic N) is 4. The maximum Gasteiger partial charge on any atom is 0.178 e.